The van der Waals surface area contributed by atoms with Gasteiger partial charge in [0.1, 0.15) is 0 Å². The molecule has 0 radical (unpaired) electrons. The van der Waals surface area contributed by atoms with E-state index in [1.807, 2.05) is 37.3 Å². The first-order chi connectivity index (χ1) is 10.1. The molecule has 1 atom stereocenters. The predicted octanol–water partition coefficient (Wildman–Crippen LogP) is 2.97. The number of hydrogen-bond donors (Lipinski definition) is 1. The molecule has 0 aliphatic carbocycles. The van der Waals surface area contributed by atoms with Crippen LogP contribution in [0.5, 0.6) is 0 Å². The van der Waals surface area contributed by atoms with Crippen LogP contribution in [0.1, 0.15) is 24.1 Å². The van der Waals surface area contributed by atoms with Crippen LogP contribution in [0.2, 0.25) is 0 Å². The minimum absolute atomic E-state index is 0.290. The highest BCUT2D eigenvalue weighted by Gasteiger charge is 2.41. The van der Waals surface area contributed by atoms with Crippen molar-refractivity contribution in [2.75, 3.05) is 13.2 Å². The molecule has 1 aliphatic rings. The number of ether oxygens (including phenoxy) is 1. The molecule has 1 saturated heterocycles. The summed E-state index contributed by atoms with van der Waals surface area (Å²) in [5.74, 6) is -0.763. The normalized spacial score (nSPS) is 22.3. The predicted molar refractivity (Wildman–Crippen MR) is 80.3 cm³/mol. The van der Waals surface area contributed by atoms with Crippen LogP contribution in [0, 0.1) is 12.3 Å². The van der Waals surface area contributed by atoms with Crippen molar-refractivity contribution < 1.29 is 14.6 Å². The average Bonchev–Trinajstić information content (AvgIpc) is 2.48. The molecule has 0 spiro atoms. The van der Waals surface area contributed by atoms with E-state index in [1.54, 1.807) is 0 Å². The number of aromatic nitrogens is 1. The van der Waals surface area contributed by atoms with E-state index in [2.05, 4.69) is 4.98 Å². The lowest BCUT2D eigenvalue weighted by atomic mass is 9.76. The van der Waals surface area contributed by atoms with Gasteiger partial charge in [0.05, 0.1) is 17.5 Å². The number of rotatable bonds is 3. The van der Waals surface area contributed by atoms with E-state index in [9.17, 15) is 9.90 Å². The summed E-state index contributed by atoms with van der Waals surface area (Å²) in [6, 6.07) is 9.90. The zero-order valence-electron chi connectivity index (χ0n) is 12.1. The Morgan fingerprint density at radius 1 is 1.43 bits per heavy atom. The van der Waals surface area contributed by atoms with E-state index in [0.717, 1.165) is 28.6 Å². The van der Waals surface area contributed by atoms with Gasteiger partial charge < -0.3 is 9.84 Å². The molecule has 21 heavy (non-hydrogen) atoms. The number of hydrogen-bond acceptors (Lipinski definition) is 3. The average molecular weight is 285 g/mol. The maximum absolute atomic E-state index is 11.8. The second kappa shape index (κ2) is 5.45. The van der Waals surface area contributed by atoms with Crippen LogP contribution in [-0.4, -0.2) is 29.3 Å². The van der Waals surface area contributed by atoms with E-state index in [-0.39, 0.29) is 6.61 Å². The lowest BCUT2D eigenvalue weighted by Gasteiger charge is -2.33. The molecular formula is C17H19NO3. The summed E-state index contributed by atoms with van der Waals surface area (Å²) in [5, 5.41) is 10.7. The fourth-order valence-corrected chi connectivity index (χ4v) is 3.14. The van der Waals surface area contributed by atoms with E-state index >= 15 is 0 Å². The Labute approximate surface area is 123 Å². The van der Waals surface area contributed by atoms with Crippen LogP contribution < -0.4 is 0 Å². The number of pyridine rings is 1. The van der Waals surface area contributed by atoms with Gasteiger partial charge in [0.15, 0.2) is 0 Å². The van der Waals surface area contributed by atoms with Crippen LogP contribution in [-0.2, 0) is 16.0 Å². The lowest BCUT2D eigenvalue weighted by molar-refractivity contribution is -0.157. The molecule has 110 valence electrons. The fraction of sp³-hybridized carbons (Fsp3) is 0.412. The van der Waals surface area contributed by atoms with Crippen molar-refractivity contribution in [3.63, 3.8) is 0 Å². The van der Waals surface area contributed by atoms with Gasteiger partial charge in [-0.05, 0) is 43.9 Å². The third-order valence-corrected chi connectivity index (χ3v) is 4.23. The Morgan fingerprint density at radius 2 is 2.24 bits per heavy atom. The summed E-state index contributed by atoms with van der Waals surface area (Å²) in [7, 11) is 0. The molecule has 1 unspecified atom stereocenters. The smallest absolute Gasteiger partial charge is 0.312 e. The van der Waals surface area contributed by atoms with Crippen LogP contribution >= 0.6 is 0 Å². The van der Waals surface area contributed by atoms with Crippen LogP contribution in [0.3, 0.4) is 0 Å². The molecule has 4 heteroatoms. The van der Waals surface area contributed by atoms with Gasteiger partial charge in [-0.3, -0.25) is 9.78 Å². The van der Waals surface area contributed by atoms with Gasteiger partial charge in [0.2, 0.25) is 0 Å². The van der Waals surface area contributed by atoms with Crippen LogP contribution in [0.25, 0.3) is 10.9 Å². The van der Waals surface area contributed by atoms with Gasteiger partial charge in [-0.1, -0.05) is 18.2 Å². The molecule has 3 rings (SSSR count). The number of fused-ring (bicyclic) bond motifs is 1. The summed E-state index contributed by atoms with van der Waals surface area (Å²) in [6.45, 7) is 2.89. The van der Waals surface area contributed by atoms with Gasteiger partial charge in [0.25, 0.3) is 0 Å². The minimum Gasteiger partial charge on any atom is -0.481 e. The van der Waals surface area contributed by atoms with Crippen molar-refractivity contribution in [2.24, 2.45) is 5.41 Å². The molecular weight excluding hydrogens is 266 g/mol. The SMILES string of the molecule is Cc1cc(CC2(C(=O)O)CCCOC2)c2ccccc2n1. The number of benzene rings is 1. The van der Waals surface area contributed by atoms with Gasteiger partial charge in [-0.25, -0.2) is 0 Å². The first-order valence-corrected chi connectivity index (χ1v) is 7.27. The number of aryl methyl sites for hydroxylation is 1. The summed E-state index contributed by atoms with van der Waals surface area (Å²) in [6.07, 6.45) is 1.96. The summed E-state index contributed by atoms with van der Waals surface area (Å²) in [5.41, 5.74) is 2.08. The van der Waals surface area contributed by atoms with Gasteiger partial charge >= 0.3 is 5.97 Å². The van der Waals surface area contributed by atoms with Crippen molar-refractivity contribution in [1.82, 2.24) is 4.98 Å². The second-order valence-corrected chi connectivity index (χ2v) is 5.86. The molecule has 1 fully saturated rings. The molecule has 1 N–H and O–H groups in total. The largest absolute Gasteiger partial charge is 0.481 e. The molecule has 0 saturated carbocycles. The molecule has 1 aromatic carbocycles. The van der Waals surface area contributed by atoms with Crippen molar-refractivity contribution in [1.29, 1.82) is 0 Å². The highest BCUT2D eigenvalue weighted by Crippen LogP contribution is 2.35. The summed E-state index contributed by atoms with van der Waals surface area (Å²) in [4.78, 5) is 16.3. The summed E-state index contributed by atoms with van der Waals surface area (Å²) < 4.78 is 5.46. The highest BCUT2D eigenvalue weighted by atomic mass is 16.5. The van der Waals surface area contributed by atoms with E-state index in [1.165, 1.54) is 0 Å². The number of aliphatic carboxylic acids is 1. The number of nitrogens with zero attached hydrogens (tertiary/aromatic N) is 1. The lowest BCUT2D eigenvalue weighted by Crippen LogP contribution is -2.41. The Kier molecular flexibility index (Phi) is 3.64. The van der Waals surface area contributed by atoms with E-state index in [0.29, 0.717) is 19.4 Å². The molecule has 4 nitrogen and oxygen atoms in total. The topological polar surface area (TPSA) is 59.4 Å². The number of carboxylic acids is 1. The first-order valence-electron chi connectivity index (χ1n) is 7.27. The Bertz CT molecular complexity index is 675. The van der Waals surface area contributed by atoms with Gasteiger partial charge in [-0.2, -0.15) is 0 Å². The molecule has 2 heterocycles. The van der Waals surface area contributed by atoms with Crippen molar-refractivity contribution in [3.8, 4) is 0 Å². The second-order valence-electron chi connectivity index (χ2n) is 5.86. The molecule has 1 aromatic heterocycles. The molecule has 0 bridgehead atoms. The van der Waals surface area contributed by atoms with Crippen molar-refractivity contribution in [2.45, 2.75) is 26.2 Å². The van der Waals surface area contributed by atoms with Gasteiger partial charge in [-0.15, -0.1) is 0 Å². The fourth-order valence-electron chi connectivity index (χ4n) is 3.14. The third kappa shape index (κ3) is 2.63. The summed E-state index contributed by atoms with van der Waals surface area (Å²) >= 11 is 0. The number of para-hydroxylation sites is 1. The maximum Gasteiger partial charge on any atom is 0.312 e. The molecule has 1 aliphatic heterocycles. The van der Waals surface area contributed by atoms with Crippen LogP contribution in [0.15, 0.2) is 30.3 Å². The van der Waals surface area contributed by atoms with Crippen molar-refractivity contribution >= 4 is 16.9 Å². The Hall–Kier alpha value is -1.94. The Balaban J connectivity index is 2.05. The monoisotopic (exact) mass is 285 g/mol. The minimum atomic E-state index is -0.811. The molecule has 0 amide bonds. The zero-order valence-corrected chi connectivity index (χ0v) is 12.1. The standard InChI is InChI=1S/C17H19NO3/c1-12-9-13(14-5-2-3-6-15(14)18-12)10-17(16(19)20)7-4-8-21-11-17/h2-3,5-6,9H,4,7-8,10-11H2,1H3,(H,19,20). The third-order valence-electron chi connectivity index (χ3n) is 4.23. The van der Waals surface area contributed by atoms with E-state index in [4.69, 9.17) is 4.74 Å². The highest BCUT2D eigenvalue weighted by molar-refractivity contribution is 5.84. The molecule has 2 aromatic rings. The van der Waals surface area contributed by atoms with Gasteiger partial charge in [0, 0.05) is 17.7 Å². The number of carbonyl (C=O) groups is 1. The van der Waals surface area contributed by atoms with Crippen molar-refractivity contribution in [3.05, 3.63) is 41.6 Å². The quantitative estimate of drug-likeness (QED) is 0.942. The zero-order chi connectivity index (χ0) is 14.9. The van der Waals surface area contributed by atoms with Crippen LogP contribution in [0.4, 0.5) is 0 Å². The number of carboxylic acid groups (broad SMARTS) is 1. The first kappa shape index (κ1) is 14.0. The van der Waals surface area contributed by atoms with E-state index < -0.39 is 11.4 Å². The Morgan fingerprint density at radius 3 is 2.95 bits per heavy atom. The maximum atomic E-state index is 11.8.